The largest absolute Gasteiger partial charge is 0.494 e. The number of nitrogens with one attached hydrogen (secondary N) is 1. The topological polar surface area (TPSA) is 47.6 Å². The average Bonchev–Trinajstić information content (AvgIpc) is 2.62. The van der Waals surface area contributed by atoms with Crippen LogP contribution in [0.4, 0.5) is 5.69 Å². The highest BCUT2D eigenvalue weighted by Crippen LogP contribution is 2.18. The average molecular weight is 339 g/mol. The lowest BCUT2D eigenvalue weighted by atomic mass is 10.2. The summed E-state index contributed by atoms with van der Waals surface area (Å²) in [5, 5.41) is 2.88. The summed E-state index contributed by atoms with van der Waals surface area (Å²) >= 11 is 0. The molecule has 0 fully saturated rings. The van der Waals surface area contributed by atoms with Gasteiger partial charge in [-0.2, -0.15) is 0 Å². The van der Waals surface area contributed by atoms with Crippen LogP contribution < -0.4 is 14.8 Å². The molecular formula is C21H25NO3. The summed E-state index contributed by atoms with van der Waals surface area (Å²) in [4.78, 5) is 12.4. The maximum Gasteiger partial charge on any atom is 0.255 e. The van der Waals surface area contributed by atoms with Gasteiger partial charge in [0.05, 0.1) is 6.61 Å². The molecule has 25 heavy (non-hydrogen) atoms. The molecule has 0 radical (unpaired) electrons. The molecule has 4 heteroatoms. The van der Waals surface area contributed by atoms with E-state index in [2.05, 4.69) is 18.8 Å². The zero-order valence-electron chi connectivity index (χ0n) is 14.9. The van der Waals surface area contributed by atoms with Gasteiger partial charge in [-0.05, 0) is 61.4 Å². The Hall–Kier alpha value is -2.75. The molecule has 0 unspecified atom stereocenters. The number of carbonyl (C=O) groups excluding carboxylic acids is 1. The number of amides is 1. The van der Waals surface area contributed by atoms with Crippen molar-refractivity contribution in [1.82, 2.24) is 0 Å². The third-order valence-electron chi connectivity index (χ3n) is 3.46. The fourth-order valence-corrected chi connectivity index (χ4v) is 2.11. The van der Waals surface area contributed by atoms with Crippen molar-refractivity contribution in [2.24, 2.45) is 0 Å². The Balaban J connectivity index is 1.95. The molecule has 4 nitrogen and oxygen atoms in total. The molecular weight excluding hydrogens is 314 g/mol. The van der Waals surface area contributed by atoms with E-state index in [-0.39, 0.29) is 5.91 Å². The fourth-order valence-electron chi connectivity index (χ4n) is 2.11. The number of carbonyl (C=O) groups is 1. The van der Waals surface area contributed by atoms with Crippen LogP contribution in [0.2, 0.25) is 0 Å². The van der Waals surface area contributed by atoms with Crippen molar-refractivity contribution in [1.29, 1.82) is 0 Å². The minimum Gasteiger partial charge on any atom is -0.494 e. The third-order valence-corrected chi connectivity index (χ3v) is 3.46. The molecule has 132 valence electrons. The van der Waals surface area contributed by atoms with Crippen molar-refractivity contribution in [3.63, 3.8) is 0 Å². The molecule has 0 bridgehead atoms. The highest BCUT2D eigenvalue weighted by Gasteiger charge is 2.07. The Morgan fingerprint density at radius 3 is 2.52 bits per heavy atom. The van der Waals surface area contributed by atoms with E-state index in [1.165, 1.54) is 0 Å². The molecule has 1 amide bonds. The predicted octanol–water partition coefficient (Wildman–Crippen LogP) is 5.07. The van der Waals surface area contributed by atoms with Gasteiger partial charge >= 0.3 is 0 Å². The van der Waals surface area contributed by atoms with Crippen LogP contribution in [-0.2, 0) is 0 Å². The van der Waals surface area contributed by atoms with Gasteiger partial charge in [0.1, 0.15) is 18.1 Å². The lowest BCUT2D eigenvalue weighted by Gasteiger charge is -2.10. The van der Waals surface area contributed by atoms with E-state index in [0.717, 1.165) is 29.9 Å². The van der Waals surface area contributed by atoms with E-state index in [1.807, 2.05) is 37.3 Å². The van der Waals surface area contributed by atoms with Crippen LogP contribution in [0.25, 0.3) is 0 Å². The molecule has 2 aromatic rings. The van der Waals surface area contributed by atoms with Gasteiger partial charge in [0, 0.05) is 11.3 Å². The van der Waals surface area contributed by atoms with Gasteiger partial charge in [0.15, 0.2) is 0 Å². The summed E-state index contributed by atoms with van der Waals surface area (Å²) in [6.45, 7) is 8.96. The first-order valence-corrected chi connectivity index (χ1v) is 8.50. The third kappa shape index (κ3) is 6.34. The molecule has 0 aliphatic carbocycles. The maximum absolute atomic E-state index is 12.4. The van der Waals surface area contributed by atoms with E-state index >= 15 is 0 Å². The summed E-state index contributed by atoms with van der Waals surface area (Å²) in [5.74, 6) is 1.28. The van der Waals surface area contributed by atoms with Gasteiger partial charge in [-0.1, -0.05) is 26.0 Å². The van der Waals surface area contributed by atoms with Crippen LogP contribution in [0.5, 0.6) is 11.5 Å². The molecule has 1 N–H and O–H groups in total. The summed E-state index contributed by atoms with van der Waals surface area (Å²) in [7, 11) is 0. The summed E-state index contributed by atoms with van der Waals surface area (Å²) in [5.41, 5.74) is 2.19. The minimum absolute atomic E-state index is 0.180. The number of unbranched alkanes of at least 4 members (excludes halogenated alkanes) is 1. The minimum atomic E-state index is -0.180. The summed E-state index contributed by atoms with van der Waals surface area (Å²) in [6, 6.07) is 14.5. The molecule has 0 aliphatic heterocycles. The zero-order valence-corrected chi connectivity index (χ0v) is 14.9. The van der Waals surface area contributed by atoms with E-state index in [0.29, 0.717) is 24.5 Å². The summed E-state index contributed by atoms with van der Waals surface area (Å²) < 4.78 is 11.2. The van der Waals surface area contributed by atoms with Crippen molar-refractivity contribution in [3.8, 4) is 11.5 Å². The monoisotopic (exact) mass is 339 g/mol. The van der Waals surface area contributed by atoms with Gasteiger partial charge in [0.25, 0.3) is 5.91 Å². The van der Waals surface area contributed by atoms with Gasteiger partial charge in [-0.15, -0.1) is 0 Å². The SMILES string of the molecule is C=C(C)COc1cccc(C(=O)Nc2ccc(OCCCC)cc2)c1. The van der Waals surface area contributed by atoms with E-state index in [4.69, 9.17) is 9.47 Å². The number of benzene rings is 2. The number of ether oxygens (including phenoxy) is 2. The van der Waals surface area contributed by atoms with Gasteiger partial charge in [0.2, 0.25) is 0 Å². The molecule has 0 saturated heterocycles. The van der Waals surface area contributed by atoms with Crippen LogP contribution in [0.1, 0.15) is 37.0 Å². The molecule has 2 rings (SSSR count). The Morgan fingerprint density at radius 2 is 1.84 bits per heavy atom. The number of anilines is 1. The van der Waals surface area contributed by atoms with Crippen LogP contribution in [0.3, 0.4) is 0 Å². The maximum atomic E-state index is 12.4. The van der Waals surface area contributed by atoms with Gasteiger partial charge < -0.3 is 14.8 Å². The first-order chi connectivity index (χ1) is 12.1. The van der Waals surface area contributed by atoms with Crippen LogP contribution in [0, 0.1) is 0 Å². The Bertz CT molecular complexity index is 707. The first kappa shape index (κ1) is 18.6. The Labute approximate surface area is 149 Å². The molecule has 0 spiro atoms. The highest BCUT2D eigenvalue weighted by atomic mass is 16.5. The normalized spacial score (nSPS) is 10.2. The second-order valence-corrected chi connectivity index (χ2v) is 5.95. The van der Waals surface area contributed by atoms with Crippen molar-refractivity contribution < 1.29 is 14.3 Å². The van der Waals surface area contributed by atoms with Crippen molar-refractivity contribution in [3.05, 3.63) is 66.2 Å². The van der Waals surface area contributed by atoms with E-state index < -0.39 is 0 Å². The Kier molecular flexibility index (Phi) is 7.08. The lowest BCUT2D eigenvalue weighted by molar-refractivity contribution is 0.102. The number of rotatable bonds is 9. The first-order valence-electron chi connectivity index (χ1n) is 8.50. The molecule has 0 heterocycles. The lowest BCUT2D eigenvalue weighted by Crippen LogP contribution is -2.12. The van der Waals surface area contributed by atoms with Crippen LogP contribution >= 0.6 is 0 Å². The second-order valence-electron chi connectivity index (χ2n) is 5.95. The van der Waals surface area contributed by atoms with E-state index in [9.17, 15) is 4.79 Å². The molecule has 0 saturated carbocycles. The molecule has 0 aromatic heterocycles. The predicted molar refractivity (Wildman–Crippen MR) is 102 cm³/mol. The summed E-state index contributed by atoms with van der Waals surface area (Å²) in [6.07, 6.45) is 2.13. The number of hydrogen-bond donors (Lipinski definition) is 1. The van der Waals surface area contributed by atoms with Crippen molar-refractivity contribution in [2.45, 2.75) is 26.7 Å². The number of hydrogen-bond acceptors (Lipinski definition) is 3. The molecule has 0 aliphatic rings. The second kappa shape index (κ2) is 9.52. The van der Waals surface area contributed by atoms with Crippen molar-refractivity contribution >= 4 is 11.6 Å². The standard InChI is InChI=1S/C21H25NO3/c1-4-5-13-24-19-11-9-18(10-12-19)22-21(23)17-7-6-8-20(14-17)25-15-16(2)3/h6-12,14H,2,4-5,13,15H2,1,3H3,(H,22,23). The van der Waals surface area contributed by atoms with Crippen LogP contribution in [0.15, 0.2) is 60.7 Å². The highest BCUT2D eigenvalue weighted by molar-refractivity contribution is 6.04. The van der Waals surface area contributed by atoms with Crippen LogP contribution in [-0.4, -0.2) is 19.1 Å². The molecule has 0 atom stereocenters. The Morgan fingerprint density at radius 1 is 1.08 bits per heavy atom. The smallest absolute Gasteiger partial charge is 0.255 e. The zero-order chi connectivity index (χ0) is 18.1. The fraction of sp³-hybridized carbons (Fsp3) is 0.286. The molecule has 2 aromatic carbocycles. The van der Waals surface area contributed by atoms with Gasteiger partial charge in [-0.25, -0.2) is 0 Å². The van der Waals surface area contributed by atoms with E-state index in [1.54, 1.807) is 18.2 Å². The van der Waals surface area contributed by atoms with Crippen molar-refractivity contribution in [2.75, 3.05) is 18.5 Å². The quantitative estimate of drug-likeness (QED) is 0.512. The van der Waals surface area contributed by atoms with Gasteiger partial charge in [-0.3, -0.25) is 4.79 Å².